The van der Waals surface area contributed by atoms with Crippen molar-refractivity contribution in [3.8, 4) is 11.1 Å². The van der Waals surface area contributed by atoms with Crippen molar-refractivity contribution in [3.63, 3.8) is 0 Å². The van der Waals surface area contributed by atoms with E-state index < -0.39 is 0 Å². The van der Waals surface area contributed by atoms with Crippen molar-refractivity contribution >= 4 is 39.0 Å². The number of fused-ring (bicyclic) bond motifs is 1. The smallest absolute Gasteiger partial charge is 0.226 e. The highest BCUT2D eigenvalue weighted by atomic mass is 32.1. The van der Waals surface area contributed by atoms with Gasteiger partial charge in [-0.3, -0.25) is 4.79 Å². The van der Waals surface area contributed by atoms with Gasteiger partial charge in [0.15, 0.2) is 0 Å². The Morgan fingerprint density at radius 1 is 1.00 bits per heavy atom. The Labute approximate surface area is 173 Å². The number of rotatable bonds is 6. The van der Waals surface area contributed by atoms with Gasteiger partial charge < -0.3 is 10.6 Å². The van der Waals surface area contributed by atoms with Crippen LogP contribution in [0, 0.1) is 13.8 Å². The highest BCUT2D eigenvalue weighted by Crippen LogP contribution is 2.40. The molecule has 0 unspecified atom stereocenters. The molecule has 2 heterocycles. The number of para-hydroxylation sites is 1. The van der Waals surface area contributed by atoms with Gasteiger partial charge in [-0.05, 0) is 31.0 Å². The second-order valence-corrected chi connectivity index (χ2v) is 8.04. The molecule has 0 spiro atoms. The Bertz CT molecular complexity index is 1150. The summed E-state index contributed by atoms with van der Waals surface area (Å²) in [4.78, 5) is 23.4. The van der Waals surface area contributed by atoms with Crippen LogP contribution in [-0.4, -0.2) is 22.4 Å². The highest BCUT2D eigenvalue weighted by Gasteiger charge is 2.16. The molecule has 0 fully saturated rings. The van der Waals surface area contributed by atoms with Gasteiger partial charge in [0.1, 0.15) is 17.0 Å². The van der Waals surface area contributed by atoms with E-state index in [2.05, 4.69) is 39.7 Å². The van der Waals surface area contributed by atoms with Gasteiger partial charge in [-0.1, -0.05) is 48.5 Å². The van der Waals surface area contributed by atoms with Crippen LogP contribution in [0.2, 0.25) is 0 Å². The van der Waals surface area contributed by atoms with E-state index in [1.807, 2.05) is 49.4 Å². The molecule has 2 aromatic heterocycles. The quantitative estimate of drug-likeness (QED) is 0.452. The van der Waals surface area contributed by atoms with Crippen molar-refractivity contribution in [3.05, 3.63) is 71.4 Å². The third-order valence-electron chi connectivity index (χ3n) is 4.79. The molecule has 0 aliphatic heterocycles. The lowest BCUT2D eigenvalue weighted by Gasteiger charge is -2.10. The number of aryl methyl sites for hydroxylation is 2. The van der Waals surface area contributed by atoms with Gasteiger partial charge in [0.05, 0.1) is 5.39 Å². The lowest BCUT2D eigenvalue weighted by atomic mass is 10.0. The maximum Gasteiger partial charge on any atom is 0.226 e. The van der Waals surface area contributed by atoms with E-state index in [0.717, 1.165) is 38.4 Å². The van der Waals surface area contributed by atoms with Gasteiger partial charge in [-0.15, -0.1) is 11.3 Å². The van der Waals surface area contributed by atoms with Gasteiger partial charge in [0, 0.05) is 29.1 Å². The largest absolute Gasteiger partial charge is 0.369 e. The zero-order valence-corrected chi connectivity index (χ0v) is 17.2. The summed E-state index contributed by atoms with van der Waals surface area (Å²) < 4.78 is 0. The van der Waals surface area contributed by atoms with Crippen LogP contribution < -0.4 is 10.6 Å². The summed E-state index contributed by atoms with van der Waals surface area (Å²) in [6.45, 7) is 4.58. The van der Waals surface area contributed by atoms with Crippen molar-refractivity contribution in [2.45, 2.75) is 20.3 Å². The molecule has 0 bridgehead atoms. The molecule has 0 atom stereocenters. The van der Waals surface area contributed by atoms with E-state index >= 15 is 0 Å². The Hall–Kier alpha value is -3.25. The zero-order chi connectivity index (χ0) is 20.2. The second kappa shape index (κ2) is 8.41. The number of thiophene rings is 1. The number of nitrogens with zero attached hydrogens (tertiary/aromatic N) is 2. The van der Waals surface area contributed by atoms with Crippen molar-refractivity contribution in [1.82, 2.24) is 9.97 Å². The number of anilines is 2. The number of carbonyl (C=O) groups excluding carboxylic acids is 1. The molecular formula is C23H22N4OS. The molecule has 0 radical (unpaired) electrons. The summed E-state index contributed by atoms with van der Waals surface area (Å²) in [5.41, 5.74) is 4.19. The van der Waals surface area contributed by atoms with E-state index in [4.69, 9.17) is 0 Å². The van der Waals surface area contributed by atoms with Crippen molar-refractivity contribution < 1.29 is 4.79 Å². The van der Waals surface area contributed by atoms with Crippen molar-refractivity contribution in [2.75, 3.05) is 17.2 Å². The number of hydrogen-bond donors (Lipinski definition) is 2. The maximum absolute atomic E-state index is 12.3. The Morgan fingerprint density at radius 2 is 1.76 bits per heavy atom. The number of aromatic nitrogens is 2. The van der Waals surface area contributed by atoms with Gasteiger partial charge in [0.25, 0.3) is 0 Å². The lowest BCUT2D eigenvalue weighted by molar-refractivity contribution is -0.115. The lowest BCUT2D eigenvalue weighted by Crippen LogP contribution is -2.17. The number of carbonyl (C=O) groups is 1. The molecule has 0 saturated heterocycles. The topological polar surface area (TPSA) is 66.9 Å². The average Bonchev–Trinajstić information content (AvgIpc) is 3.07. The molecule has 29 heavy (non-hydrogen) atoms. The van der Waals surface area contributed by atoms with Crippen molar-refractivity contribution in [1.29, 1.82) is 0 Å². The Kier molecular flexibility index (Phi) is 5.53. The van der Waals surface area contributed by atoms with Crippen LogP contribution in [0.25, 0.3) is 21.3 Å². The van der Waals surface area contributed by atoms with Crippen molar-refractivity contribution in [2.24, 2.45) is 0 Å². The molecule has 0 aliphatic rings. The predicted octanol–water partition coefficient (Wildman–Crippen LogP) is 5.42. The number of benzene rings is 2. The van der Waals surface area contributed by atoms with Crippen LogP contribution in [0.5, 0.6) is 0 Å². The van der Waals surface area contributed by atoms with E-state index in [0.29, 0.717) is 13.0 Å². The predicted molar refractivity (Wildman–Crippen MR) is 121 cm³/mol. The fourth-order valence-corrected chi connectivity index (χ4v) is 4.36. The number of nitrogens with one attached hydrogen (secondary N) is 2. The Balaban J connectivity index is 1.51. The molecule has 4 rings (SSSR count). The fourth-order valence-electron chi connectivity index (χ4n) is 3.35. The van der Waals surface area contributed by atoms with Gasteiger partial charge in [-0.25, -0.2) is 9.97 Å². The second-order valence-electron chi connectivity index (χ2n) is 6.84. The first-order valence-electron chi connectivity index (χ1n) is 9.52. The summed E-state index contributed by atoms with van der Waals surface area (Å²) in [7, 11) is 0. The molecule has 2 N–H and O–H groups in total. The summed E-state index contributed by atoms with van der Waals surface area (Å²) >= 11 is 1.66. The van der Waals surface area contributed by atoms with Gasteiger partial charge in [0.2, 0.25) is 5.91 Å². The van der Waals surface area contributed by atoms with Crippen LogP contribution in [0.1, 0.15) is 16.9 Å². The highest BCUT2D eigenvalue weighted by molar-refractivity contribution is 7.19. The van der Waals surface area contributed by atoms with Crippen LogP contribution in [0.15, 0.2) is 60.9 Å². The standard InChI is InChI=1S/C23H22N4OS/c1-15-8-6-7-11-18(15)27-19(28)12-13-24-22-21-20(17-9-4-3-5-10-17)16(2)29-23(21)26-14-25-22/h3-11,14H,12-13H2,1-2H3,(H,27,28)(H,24,25,26). The van der Waals surface area contributed by atoms with E-state index in [-0.39, 0.29) is 5.91 Å². The molecule has 0 saturated carbocycles. The minimum absolute atomic E-state index is 0.0260. The van der Waals surface area contributed by atoms with E-state index in [1.54, 1.807) is 17.7 Å². The van der Waals surface area contributed by atoms with Gasteiger partial charge in [-0.2, -0.15) is 0 Å². The Morgan fingerprint density at radius 3 is 2.55 bits per heavy atom. The number of amides is 1. The molecule has 4 aromatic rings. The molecular weight excluding hydrogens is 380 g/mol. The third kappa shape index (κ3) is 4.12. The van der Waals surface area contributed by atoms with Crippen LogP contribution in [0.3, 0.4) is 0 Å². The van der Waals surface area contributed by atoms with Crippen LogP contribution in [-0.2, 0) is 4.79 Å². The summed E-state index contributed by atoms with van der Waals surface area (Å²) in [5, 5.41) is 7.32. The minimum Gasteiger partial charge on any atom is -0.369 e. The summed E-state index contributed by atoms with van der Waals surface area (Å²) in [6, 6.07) is 18.0. The first-order chi connectivity index (χ1) is 14.1. The average molecular weight is 403 g/mol. The van der Waals surface area contributed by atoms with Crippen LogP contribution >= 0.6 is 11.3 Å². The molecule has 146 valence electrons. The zero-order valence-electron chi connectivity index (χ0n) is 16.4. The summed E-state index contributed by atoms with van der Waals surface area (Å²) in [6.07, 6.45) is 1.92. The van der Waals surface area contributed by atoms with E-state index in [9.17, 15) is 4.79 Å². The molecule has 2 aromatic carbocycles. The first kappa shape index (κ1) is 19.1. The van der Waals surface area contributed by atoms with E-state index in [1.165, 1.54) is 4.88 Å². The number of hydrogen-bond acceptors (Lipinski definition) is 5. The molecule has 0 aliphatic carbocycles. The summed E-state index contributed by atoms with van der Waals surface area (Å²) in [5.74, 6) is 0.740. The SMILES string of the molecule is Cc1ccccc1NC(=O)CCNc1ncnc2sc(C)c(-c3ccccc3)c12. The maximum atomic E-state index is 12.3. The monoisotopic (exact) mass is 402 g/mol. The normalized spacial score (nSPS) is 10.8. The van der Waals surface area contributed by atoms with Crippen LogP contribution in [0.4, 0.5) is 11.5 Å². The molecule has 1 amide bonds. The molecule has 5 nitrogen and oxygen atoms in total. The molecule has 6 heteroatoms. The fraction of sp³-hybridized carbons (Fsp3) is 0.174. The minimum atomic E-state index is -0.0260. The first-order valence-corrected chi connectivity index (χ1v) is 10.3. The van der Waals surface area contributed by atoms with Gasteiger partial charge >= 0.3 is 0 Å². The third-order valence-corrected chi connectivity index (χ3v) is 5.80.